The summed E-state index contributed by atoms with van der Waals surface area (Å²) in [5, 5.41) is 8.87. The van der Waals surface area contributed by atoms with Gasteiger partial charge >= 0.3 is 5.97 Å². The number of hydrogen-bond donors (Lipinski definition) is 1. The number of hydrogen-bond acceptors (Lipinski definition) is 4. The largest absolute Gasteiger partial charge is 0.480 e. The molecule has 3 fully saturated rings. The van der Waals surface area contributed by atoms with E-state index in [4.69, 9.17) is 9.84 Å². The second-order valence-corrected chi connectivity index (χ2v) is 8.18. The van der Waals surface area contributed by atoms with Crippen LogP contribution in [0, 0.1) is 17.8 Å². The first-order valence-electron chi connectivity index (χ1n) is 9.83. The molecule has 6 heteroatoms. The van der Waals surface area contributed by atoms with Crippen LogP contribution in [0.4, 0.5) is 0 Å². The summed E-state index contributed by atoms with van der Waals surface area (Å²) in [7, 11) is 1.78. The van der Waals surface area contributed by atoms with Crippen LogP contribution >= 0.6 is 0 Å². The van der Waals surface area contributed by atoms with Crippen molar-refractivity contribution in [3.8, 4) is 0 Å². The molecule has 1 heterocycles. The zero-order valence-electron chi connectivity index (χ0n) is 15.4. The molecule has 0 aromatic rings. The van der Waals surface area contributed by atoms with Crippen LogP contribution in [0.1, 0.15) is 44.9 Å². The molecule has 1 aliphatic heterocycles. The molecule has 1 N–H and O–H groups in total. The molecule has 0 radical (unpaired) electrons. The quantitative estimate of drug-likeness (QED) is 0.817. The van der Waals surface area contributed by atoms with Crippen LogP contribution < -0.4 is 0 Å². The van der Waals surface area contributed by atoms with Crippen LogP contribution in [-0.4, -0.2) is 72.7 Å². The molecule has 2 aliphatic carbocycles. The maximum atomic E-state index is 13.0. The first-order chi connectivity index (χ1) is 12.0. The Labute approximate surface area is 150 Å². The third-order valence-corrected chi connectivity index (χ3v) is 6.26. The van der Waals surface area contributed by atoms with Gasteiger partial charge in [-0.3, -0.25) is 14.5 Å². The third-order valence-electron chi connectivity index (χ3n) is 6.26. The van der Waals surface area contributed by atoms with Crippen molar-refractivity contribution in [1.82, 2.24) is 9.80 Å². The van der Waals surface area contributed by atoms with E-state index in [0.717, 1.165) is 24.7 Å². The van der Waals surface area contributed by atoms with E-state index >= 15 is 0 Å². The summed E-state index contributed by atoms with van der Waals surface area (Å²) in [6, 6.07) is 0. The average molecular weight is 352 g/mol. The summed E-state index contributed by atoms with van der Waals surface area (Å²) in [6.07, 6.45) is 8.61. The highest BCUT2D eigenvalue weighted by atomic mass is 16.5. The molecule has 0 bridgehead atoms. The van der Waals surface area contributed by atoms with Gasteiger partial charge in [-0.05, 0) is 38.1 Å². The molecule has 4 unspecified atom stereocenters. The van der Waals surface area contributed by atoms with Gasteiger partial charge < -0.3 is 14.7 Å². The number of ether oxygens (including phenoxy) is 1. The molecule has 0 aromatic carbocycles. The van der Waals surface area contributed by atoms with Gasteiger partial charge in [-0.15, -0.1) is 0 Å². The van der Waals surface area contributed by atoms with Crippen molar-refractivity contribution >= 4 is 11.9 Å². The fourth-order valence-corrected chi connectivity index (χ4v) is 5.03. The topological polar surface area (TPSA) is 70.1 Å². The number of carboxylic acids is 1. The highest BCUT2D eigenvalue weighted by Crippen LogP contribution is 2.43. The molecule has 4 atom stereocenters. The standard InChI is InChI=1S/C19H32N2O4/c1-20(13-18(22)23)11-17-12-21(8-9-25-17)19(24)16-7-6-14-4-2-3-5-15(14)10-16/h14-17H,2-13H2,1H3,(H,22,23). The zero-order valence-corrected chi connectivity index (χ0v) is 15.4. The Morgan fingerprint density at radius 2 is 1.92 bits per heavy atom. The molecular weight excluding hydrogens is 320 g/mol. The summed E-state index contributed by atoms with van der Waals surface area (Å²) < 4.78 is 5.76. The Hall–Kier alpha value is -1.14. The number of nitrogens with zero attached hydrogens (tertiary/aromatic N) is 2. The first-order valence-corrected chi connectivity index (χ1v) is 9.83. The number of rotatable bonds is 5. The molecule has 3 rings (SSSR count). The van der Waals surface area contributed by atoms with Gasteiger partial charge in [-0.2, -0.15) is 0 Å². The van der Waals surface area contributed by atoms with Gasteiger partial charge in [0, 0.05) is 25.6 Å². The number of likely N-dealkylation sites (N-methyl/N-ethyl adjacent to an activating group) is 1. The van der Waals surface area contributed by atoms with E-state index in [1.165, 1.54) is 32.1 Å². The Morgan fingerprint density at radius 1 is 1.16 bits per heavy atom. The summed E-state index contributed by atoms with van der Waals surface area (Å²) in [5.41, 5.74) is 0. The highest BCUT2D eigenvalue weighted by molar-refractivity contribution is 5.79. The van der Waals surface area contributed by atoms with Crippen molar-refractivity contribution in [1.29, 1.82) is 0 Å². The van der Waals surface area contributed by atoms with Gasteiger partial charge in [-0.25, -0.2) is 0 Å². The molecule has 3 aliphatic rings. The minimum Gasteiger partial charge on any atom is -0.480 e. The van der Waals surface area contributed by atoms with Gasteiger partial charge in [0.05, 0.1) is 19.3 Å². The SMILES string of the molecule is CN(CC(=O)O)CC1CN(C(=O)C2CCC3CCCCC3C2)CCO1. The van der Waals surface area contributed by atoms with Gasteiger partial charge in [-0.1, -0.05) is 25.7 Å². The van der Waals surface area contributed by atoms with E-state index in [-0.39, 0.29) is 18.6 Å². The number of carbonyl (C=O) groups excluding carboxylic acids is 1. The maximum Gasteiger partial charge on any atom is 0.317 e. The number of fused-ring (bicyclic) bond motifs is 1. The van der Waals surface area contributed by atoms with Crippen molar-refractivity contribution in [2.45, 2.75) is 51.0 Å². The summed E-state index contributed by atoms with van der Waals surface area (Å²) in [6.45, 7) is 2.36. The first kappa shape index (κ1) is 18.6. The van der Waals surface area contributed by atoms with Crippen molar-refractivity contribution < 1.29 is 19.4 Å². The molecule has 25 heavy (non-hydrogen) atoms. The fourth-order valence-electron chi connectivity index (χ4n) is 5.03. The Balaban J connectivity index is 1.50. The monoisotopic (exact) mass is 352 g/mol. The van der Waals surface area contributed by atoms with Crippen LogP contribution in [0.5, 0.6) is 0 Å². The van der Waals surface area contributed by atoms with Crippen LogP contribution in [0.25, 0.3) is 0 Å². The molecule has 0 aromatic heterocycles. The predicted octanol–water partition coefficient (Wildman–Crippen LogP) is 1.84. The summed E-state index contributed by atoms with van der Waals surface area (Å²) in [4.78, 5) is 27.5. The second kappa shape index (κ2) is 8.49. The van der Waals surface area contributed by atoms with Crippen molar-refractivity contribution in [3.63, 3.8) is 0 Å². The lowest BCUT2D eigenvalue weighted by Gasteiger charge is -2.41. The van der Waals surface area contributed by atoms with Gasteiger partial charge in [0.25, 0.3) is 0 Å². The lowest BCUT2D eigenvalue weighted by Crippen LogP contribution is -2.51. The third kappa shape index (κ3) is 4.94. The normalized spacial score (nSPS) is 33.1. The van der Waals surface area contributed by atoms with Crippen LogP contribution in [0.3, 0.4) is 0 Å². The molecular formula is C19H32N2O4. The molecule has 1 amide bonds. The fraction of sp³-hybridized carbons (Fsp3) is 0.895. The Kier molecular flexibility index (Phi) is 6.34. The van der Waals surface area contributed by atoms with Gasteiger partial charge in [0.2, 0.25) is 5.91 Å². The molecule has 142 valence electrons. The smallest absolute Gasteiger partial charge is 0.317 e. The van der Waals surface area contributed by atoms with E-state index in [1.807, 2.05) is 4.90 Å². The number of carbonyl (C=O) groups is 2. The number of morpholine rings is 1. The van der Waals surface area contributed by atoms with Crippen LogP contribution in [-0.2, 0) is 14.3 Å². The van der Waals surface area contributed by atoms with E-state index in [2.05, 4.69) is 0 Å². The van der Waals surface area contributed by atoms with E-state index in [1.54, 1.807) is 11.9 Å². The van der Waals surface area contributed by atoms with Crippen molar-refractivity contribution in [2.75, 3.05) is 39.8 Å². The van der Waals surface area contributed by atoms with Gasteiger partial charge in [0.1, 0.15) is 0 Å². The van der Waals surface area contributed by atoms with Crippen molar-refractivity contribution in [3.05, 3.63) is 0 Å². The Morgan fingerprint density at radius 3 is 2.68 bits per heavy atom. The van der Waals surface area contributed by atoms with Crippen LogP contribution in [0.15, 0.2) is 0 Å². The molecule has 0 spiro atoms. The Bertz CT molecular complexity index is 484. The summed E-state index contributed by atoms with van der Waals surface area (Å²) >= 11 is 0. The number of carboxylic acid groups (broad SMARTS) is 1. The summed E-state index contributed by atoms with van der Waals surface area (Å²) in [5.74, 6) is 1.28. The van der Waals surface area contributed by atoms with E-state index in [9.17, 15) is 9.59 Å². The molecule has 1 saturated heterocycles. The lowest BCUT2D eigenvalue weighted by molar-refractivity contribution is -0.147. The molecule has 6 nitrogen and oxygen atoms in total. The average Bonchev–Trinajstić information content (AvgIpc) is 2.60. The van der Waals surface area contributed by atoms with Gasteiger partial charge in [0.15, 0.2) is 0 Å². The second-order valence-electron chi connectivity index (χ2n) is 8.18. The lowest BCUT2D eigenvalue weighted by atomic mass is 9.67. The van der Waals surface area contributed by atoms with E-state index < -0.39 is 5.97 Å². The number of aliphatic carboxylic acids is 1. The maximum absolute atomic E-state index is 13.0. The van der Waals surface area contributed by atoms with E-state index in [0.29, 0.717) is 32.1 Å². The van der Waals surface area contributed by atoms with Crippen molar-refractivity contribution in [2.24, 2.45) is 17.8 Å². The zero-order chi connectivity index (χ0) is 17.8. The van der Waals surface area contributed by atoms with Crippen LogP contribution in [0.2, 0.25) is 0 Å². The number of amides is 1. The minimum atomic E-state index is -0.838. The highest BCUT2D eigenvalue weighted by Gasteiger charge is 2.37. The molecule has 2 saturated carbocycles. The minimum absolute atomic E-state index is 0.000496. The predicted molar refractivity (Wildman–Crippen MR) is 94.2 cm³/mol.